The zero-order valence-electron chi connectivity index (χ0n) is 12.6. The second-order valence-corrected chi connectivity index (χ2v) is 4.75. The number of hydrogen-bond acceptors (Lipinski definition) is 4. The molecule has 0 saturated carbocycles. The number of methoxy groups -OCH3 is 1. The number of benzene rings is 2. The molecule has 2 rings (SSSR count). The maximum atomic E-state index is 11.8. The molecule has 118 valence electrons. The Balaban J connectivity index is 1.93. The van der Waals surface area contributed by atoms with Crippen molar-refractivity contribution in [3.8, 4) is 5.75 Å². The molecular weight excluding hydrogens is 296 g/mol. The lowest BCUT2D eigenvalue weighted by Gasteiger charge is -2.03. The van der Waals surface area contributed by atoms with Crippen molar-refractivity contribution in [3.63, 3.8) is 0 Å². The maximum absolute atomic E-state index is 11.8. The molecule has 0 saturated heterocycles. The number of hydrogen-bond donors (Lipinski definition) is 1. The van der Waals surface area contributed by atoms with Gasteiger partial charge in [0.2, 0.25) is 5.91 Å². The van der Waals surface area contributed by atoms with Gasteiger partial charge in [-0.3, -0.25) is 14.9 Å². The van der Waals surface area contributed by atoms with Gasteiger partial charge in [-0.25, -0.2) is 0 Å². The van der Waals surface area contributed by atoms with Gasteiger partial charge in [0.05, 0.1) is 12.0 Å². The van der Waals surface area contributed by atoms with Crippen LogP contribution in [0.5, 0.6) is 5.75 Å². The second kappa shape index (κ2) is 7.74. The molecule has 0 spiro atoms. The molecule has 0 aromatic heterocycles. The molecular formula is C17H16N2O4. The third-order valence-electron chi connectivity index (χ3n) is 3.11. The summed E-state index contributed by atoms with van der Waals surface area (Å²) in [4.78, 5) is 22.0. The lowest BCUT2D eigenvalue weighted by molar-refractivity contribution is -0.384. The largest absolute Gasteiger partial charge is 0.497 e. The van der Waals surface area contributed by atoms with E-state index in [1.807, 2.05) is 24.3 Å². The number of carbonyl (C=O) groups excluding carboxylic acids is 1. The Kier molecular flexibility index (Phi) is 5.46. The monoisotopic (exact) mass is 312 g/mol. The minimum absolute atomic E-state index is 0.00340. The molecule has 0 unspecified atom stereocenters. The molecule has 2 aromatic rings. The molecule has 0 heterocycles. The number of nitrogens with one attached hydrogen (secondary N) is 1. The molecule has 23 heavy (non-hydrogen) atoms. The molecule has 0 radical (unpaired) electrons. The summed E-state index contributed by atoms with van der Waals surface area (Å²) in [7, 11) is 1.58. The number of nitrogens with zero attached hydrogens (tertiary/aromatic N) is 1. The SMILES string of the molecule is COc1cccc(C=CC(=O)NCc2cccc([N+](=O)[O-])c2)c1. The van der Waals surface area contributed by atoms with Crippen molar-refractivity contribution in [1.82, 2.24) is 5.32 Å². The number of rotatable bonds is 6. The Morgan fingerprint density at radius 2 is 2.04 bits per heavy atom. The summed E-state index contributed by atoms with van der Waals surface area (Å²) in [5.74, 6) is 0.434. The average Bonchev–Trinajstić information content (AvgIpc) is 2.58. The number of amides is 1. The van der Waals surface area contributed by atoms with E-state index < -0.39 is 4.92 Å². The van der Waals surface area contributed by atoms with E-state index in [0.717, 1.165) is 5.56 Å². The van der Waals surface area contributed by atoms with Crippen LogP contribution >= 0.6 is 0 Å². The first-order valence-electron chi connectivity index (χ1n) is 6.92. The van der Waals surface area contributed by atoms with Gasteiger partial charge in [-0.2, -0.15) is 0 Å². The van der Waals surface area contributed by atoms with Crippen LogP contribution in [0.25, 0.3) is 6.08 Å². The van der Waals surface area contributed by atoms with Gasteiger partial charge < -0.3 is 10.1 Å². The van der Waals surface area contributed by atoms with E-state index >= 15 is 0 Å². The number of nitro benzene ring substituents is 1. The number of non-ortho nitro benzene ring substituents is 1. The molecule has 0 fully saturated rings. The summed E-state index contributed by atoms with van der Waals surface area (Å²) in [6.07, 6.45) is 3.08. The summed E-state index contributed by atoms with van der Waals surface area (Å²) in [6, 6.07) is 13.5. The minimum Gasteiger partial charge on any atom is -0.497 e. The van der Waals surface area contributed by atoms with Crippen molar-refractivity contribution in [2.45, 2.75) is 6.54 Å². The van der Waals surface area contributed by atoms with Crippen molar-refractivity contribution in [1.29, 1.82) is 0 Å². The summed E-state index contributed by atoms with van der Waals surface area (Å²) >= 11 is 0. The van der Waals surface area contributed by atoms with Crippen LogP contribution in [-0.4, -0.2) is 17.9 Å². The summed E-state index contributed by atoms with van der Waals surface area (Å²) < 4.78 is 5.11. The second-order valence-electron chi connectivity index (χ2n) is 4.75. The minimum atomic E-state index is -0.464. The fourth-order valence-corrected chi connectivity index (χ4v) is 1.95. The Morgan fingerprint density at radius 3 is 2.78 bits per heavy atom. The molecule has 0 aliphatic rings. The molecule has 6 nitrogen and oxygen atoms in total. The van der Waals surface area contributed by atoms with Crippen LogP contribution in [0, 0.1) is 10.1 Å². The van der Waals surface area contributed by atoms with Crippen LogP contribution in [0.15, 0.2) is 54.6 Å². The van der Waals surface area contributed by atoms with E-state index in [1.54, 1.807) is 25.3 Å². The third-order valence-corrected chi connectivity index (χ3v) is 3.11. The fraction of sp³-hybridized carbons (Fsp3) is 0.118. The molecule has 0 atom stereocenters. The van der Waals surface area contributed by atoms with E-state index in [0.29, 0.717) is 11.3 Å². The highest BCUT2D eigenvalue weighted by molar-refractivity contribution is 5.91. The van der Waals surface area contributed by atoms with Gasteiger partial charge in [0.1, 0.15) is 5.75 Å². The first kappa shape index (κ1) is 16.2. The topological polar surface area (TPSA) is 81.5 Å². The fourth-order valence-electron chi connectivity index (χ4n) is 1.95. The van der Waals surface area contributed by atoms with E-state index in [4.69, 9.17) is 4.74 Å². The molecule has 6 heteroatoms. The highest BCUT2D eigenvalue weighted by Gasteiger charge is 2.05. The van der Waals surface area contributed by atoms with Crippen LogP contribution in [0.2, 0.25) is 0 Å². The van der Waals surface area contributed by atoms with Crippen LogP contribution < -0.4 is 10.1 Å². The Morgan fingerprint density at radius 1 is 1.26 bits per heavy atom. The molecule has 0 aliphatic heterocycles. The smallest absolute Gasteiger partial charge is 0.269 e. The van der Waals surface area contributed by atoms with E-state index in [1.165, 1.54) is 18.2 Å². The van der Waals surface area contributed by atoms with Gasteiger partial charge in [0.25, 0.3) is 5.69 Å². The third kappa shape index (κ3) is 4.96. The first-order chi connectivity index (χ1) is 11.1. The van der Waals surface area contributed by atoms with Crippen molar-refractivity contribution in [3.05, 3.63) is 75.8 Å². The lowest BCUT2D eigenvalue weighted by Crippen LogP contribution is -2.20. The highest BCUT2D eigenvalue weighted by atomic mass is 16.6. The van der Waals surface area contributed by atoms with Crippen molar-refractivity contribution < 1.29 is 14.5 Å². The Hall–Kier alpha value is -3.15. The molecule has 1 N–H and O–H groups in total. The van der Waals surface area contributed by atoms with Gasteiger partial charge >= 0.3 is 0 Å². The predicted molar refractivity (Wildman–Crippen MR) is 87.0 cm³/mol. The van der Waals surface area contributed by atoms with Crippen LogP contribution in [0.1, 0.15) is 11.1 Å². The molecule has 2 aromatic carbocycles. The zero-order valence-corrected chi connectivity index (χ0v) is 12.6. The summed E-state index contributed by atoms with van der Waals surface area (Å²) in [5.41, 5.74) is 1.51. The van der Waals surface area contributed by atoms with Gasteiger partial charge in [-0.15, -0.1) is 0 Å². The first-order valence-corrected chi connectivity index (χ1v) is 6.92. The van der Waals surface area contributed by atoms with Crippen molar-refractivity contribution in [2.75, 3.05) is 7.11 Å². The predicted octanol–water partition coefficient (Wildman–Crippen LogP) is 2.93. The molecule has 0 bridgehead atoms. The molecule has 1 amide bonds. The number of nitro groups is 1. The highest BCUT2D eigenvalue weighted by Crippen LogP contribution is 2.14. The van der Waals surface area contributed by atoms with Gasteiger partial charge in [0.15, 0.2) is 0 Å². The Labute approximate surface area is 133 Å². The van der Waals surface area contributed by atoms with Crippen LogP contribution in [0.4, 0.5) is 5.69 Å². The number of ether oxygens (including phenoxy) is 1. The normalized spacial score (nSPS) is 10.5. The van der Waals surface area contributed by atoms with Gasteiger partial charge in [-0.05, 0) is 29.3 Å². The average molecular weight is 312 g/mol. The van der Waals surface area contributed by atoms with Gasteiger partial charge in [0, 0.05) is 24.8 Å². The number of carbonyl (C=O) groups is 1. The summed E-state index contributed by atoms with van der Waals surface area (Å²) in [6.45, 7) is 0.225. The maximum Gasteiger partial charge on any atom is 0.269 e. The molecule has 0 aliphatic carbocycles. The van der Waals surface area contributed by atoms with Crippen molar-refractivity contribution >= 4 is 17.7 Å². The van der Waals surface area contributed by atoms with Crippen LogP contribution in [0.3, 0.4) is 0 Å². The van der Waals surface area contributed by atoms with Crippen LogP contribution in [-0.2, 0) is 11.3 Å². The van der Waals surface area contributed by atoms with Crippen molar-refractivity contribution in [2.24, 2.45) is 0 Å². The van der Waals surface area contributed by atoms with E-state index in [2.05, 4.69) is 5.32 Å². The summed E-state index contributed by atoms with van der Waals surface area (Å²) in [5, 5.41) is 13.4. The standard InChI is InChI=1S/C17H16N2O4/c1-23-16-7-3-4-13(11-16)8-9-17(20)18-12-14-5-2-6-15(10-14)19(21)22/h2-11H,12H2,1H3,(H,18,20). The zero-order chi connectivity index (χ0) is 16.7. The van der Waals surface area contributed by atoms with E-state index in [-0.39, 0.29) is 18.1 Å². The van der Waals surface area contributed by atoms with Gasteiger partial charge in [-0.1, -0.05) is 24.3 Å². The van der Waals surface area contributed by atoms with E-state index in [9.17, 15) is 14.9 Å². The lowest BCUT2D eigenvalue weighted by atomic mass is 10.2. The Bertz CT molecular complexity index is 741. The quantitative estimate of drug-likeness (QED) is 0.505.